The summed E-state index contributed by atoms with van der Waals surface area (Å²) in [5, 5.41) is 11.3. The molecule has 0 atom stereocenters. The first-order valence-electron chi connectivity index (χ1n) is 9.96. The molecule has 0 aliphatic heterocycles. The summed E-state index contributed by atoms with van der Waals surface area (Å²) in [6.07, 6.45) is 0. The lowest BCUT2D eigenvalue weighted by Crippen LogP contribution is -2.21. The summed E-state index contributed by atoms with van der Waals surface area (Å²) < 4.78 is 38.5. The van der Waals surface area contributed by atoms with Gasteiger partial charge in [-0.25, -0.2) is 13.2 Å². The molecule has 0 aromatic heterocycles. The lowest BCUT2D eigenvalue weighted by atomic mass is 10.2. The molecule has 3 aromatic carbocycles. The number of nitrogens with one attached hydrogen (secondary N) is 2. The summed E-state index contributed by atoms with van der Waals surface area (Å²) in [7, 11) is -2.78. The fourth-order valence-electron chi connectivity index (χ4n) is 2.89. The van der Waals surface area contributed by atoms with E-state index in [-0.39, 0.29) is 16.2 Å². The number of carbonyl (C=O) groups excluding carboxylic acids is 2. The van der Waals surface area contributed by atoms with Crippen molar-refractivity contribution in [2.24, 2.45) is 0 Å². The van der Waals surface area contributed by atoms with Crippen molar-refractivity contribution < 1.29 is 27.5 Å². The standard InChI is InChI=1S/C24H21N3O6S/c1-16-3-8-20(9-4-16)27-34(30,31)22-13-18(7-12-21(22)32-2)24(29)33-15-23(28)26-19-10-5-17(14-25)6-11-19/h3-13,27H,15H2,1-2H3,(H,26,28). The Hall–Kier alpha value is -4.36. The van der Waals surface area contributed by atoms with Crippen molar-refractivity contribution in [2.75, 3.05) is 23.8 Å². The minimum atomic E-state index is -4.09. The van der Waals surface area contributed by atoms with Crippen LogP contribution in [0.5, 0.6) is 5.75 Å². The van der Waals surface area contributed by atoms with Gasteiger partial charge in [-0.2, -0.15) is 5.26 Å². The first-order valence-corrected chi connectivity index (χ1v) is 11.4. The van der Waals surface area contributed by atoms with E-state index in [0.29, 0.717) is 16.9 Å². The molecule has 1 amide bonds. The van der Waals surface area contributed by atoms with Crippen LogP contribution in [0.25, 0.3) is 0 Å². The Balaban J connectivity index is 1.71. The van der Waals surface area contributed by atoms with Gasteiger partial charge in [-0.15, -0.1) is 0 Å². The number of hydrogen-bond acceptors (Lipinski definition) is 7. The molecule has 0 unspecified atom stereocenters. The molecule has 0 saturated carbocycles. The molecule has 9 nitrogen and oxygen atoms in total. The van der Waals surface area contributed by atoms with Crippen LogP contribution in [0.3, 0.4) is 0 Å². The monoisotopic (exact) mass is 479 g/mol. The highest BCUT2D eigenvalue weighted by molar-refractivity contribution is 7.92. The lowest BCUT2D eigenvalue weighted by molar-refractivity contribution is -0.119. The Labute approximate surface area is 197 Å². The maximum atomic E-state index is 12.9. The summed E-state index contributed by atoms with van der Waals surface area (Å²) in [4.78, 5) is 24.3. The van der Waals surface area contributed by atoms with Crippen LogP contribution < -0.4 is 14.8 Å². The van der Waals surface area contributed by atoms with Gasteiger partial charge in [0.25, 0.3) is 15.9 Å². The van der Waals surface area contributed by atoms with Gasteiger partial charge in [-0.05, 0) is 61.5 Å². The van der Waals surface area contributed by atoms with Crippen LogP contribution in [0.4, 0.5) is 11.4 Å². The number of hydrogen-bond donors (Lipinski definition) is 2. The van der Waals surface area contributed by atoms with Crippen molar-refractivity contribution in [3.8, 4) is 11.8 Å². The van der Waals surface area contributed by atoms with Gasteiger partial charge in [0.05, 0.1) is 24.3 Å². The number of nitriles is 1. The molecule has 10 heteroatoms. The van der Waals surface area contributed by atoms with Crippen LogP contribution in [-0.4, -0.2) is 34.0 Å². The minimum Gasteiger partial charge on any atom is -0.495 e. The summed E-state index contributed by atoms with van der Waals surface area (Å²) in [6.45, 7) is 1.29. The second-order valence-electron chi connectivity index (χ2n) is 7.15. The summed E-state index contributed by atoms with van der Waals surface area (Å²) in [5.74, 6) is -1.44. The molecule has 34 heavy (non-hydrogen) atoms. The number of benzene rings is 3. The third-order valence-corrected chi connectivity index (χ3v) is 6.03. The highest BCUT2D eigenvalue weighted by Crippen LogP contribution is 2.27. The Morgan fingerprint density at radius 1 is 0.971 bits per heavy atom. The quantitative estimate of drug-likeness (QED) is 0.472. The zero-order valence-electron chi connectivity index (χ0n) is 18.4. The Kier molecular flexibility index (Phi) is 7.50. The lowest BCUT2D eigenvalue weighted by Gasteiger charge is -2.13. The van der Waals surface area contributed by atoms with Crippen molar-refractivity contribution in [3.63, 3.8) is 0 Å². The number of esters is 1. The molecule has 0 saturated heterocycles. The number of amides is 1. The maximum absolute atomic E-state index is 12.9. The van der Waals surface area contributed by atoms with Crippen LogP contribution >= 0.6 is 0 Å². The molecule has 3 rings (SSSR count). The fourth-order valence-corrected chi connectivity index (χ4v) is 4.14. The van der Waals surface area contributed by atoms with E-state index < -0.39 is 28.5 Å². The molecule has 0 radical (unpaired) electrons. The van der Waals surface area contributed by atoms with Gasteiger partial charge in [0.15, 0.2) is 6.61 Å². The van der Waals surface area contributed by atoms with E-state index >= 15 is 0 Å². The summed E-state index contributed by atoms with van der Waals surface area (Å²) in [5.41, 5.74) is 2.11. The normalized spacial score (nSPS) is 10.6. The molecule has 0 bridgehead atoms. The third-order valence-electron chi connectivity index (χ3n) is 4.62. The van der Waals surface area contributed by atoms with Gasteiger partial charge in [-0.3, -0.25) is 9.52 Å². The molecule has 2 N–H and O–H groups in total. The van der Waals surface area contributed by atoms with E-state index in [4.69, 9.17) is 14.7 Å². The molecule has 0 spiro atoms. The van der Waals surface area contributed by atoms with Crippen LogP contribution in [0.2, 0.25) is 0 Å². The van der Waals surface area contributed by atoms with Gasteiger partial charge in [0, 0.05) is 11.4 Å². The van der Waals surface area contributed by atoms with Crippen LogP contribution in [0.1, 0.15) is 21.5 Å². The number of carbonyl (C=O) groups is 2. The molecule has 0 fully saturated rings. The number of methoxy groups -OCH3 is 1. The Morgan fingerprint density at radius 2 is 1.62 bits per heavy atom. The molecular weight excluding hydrogens is 458 g/mol. The highest BCUT2D eigenvalue weighted by atomic mass is 32.2. The third kappa shape index (κ3) is 6.11. The number of sulfonamides is 1. The molecule has 3 aromatic rings. The van der Waals surface area contributed by atoms with Crippen LogP contribution in [0, 0.1) is 18.3 Å². The molecule has 0 aliphatic rings. The number of ether oxygens (including phenoxy) is 2. The topological polar surface area (TPSA) is 135 Å². The minimum absolute atomic E-state index is 0.0368. The van der Waals surface area contributed by atoms with E-state index in [1.54, 1.807) is 36.4 Å². The average molecular weight is 480 g/mol. The predicted molar refractivity (Wildman–Crippen MR) is 125 cm³/mol. The van der Waals surface area contributed by atoms with Crippen LogP contribution in [0.15, 0.2) is 71.6 Å². The molecule has 0 aliphatic carbocycles. The zero-order valence-corrected chi connectivity index (χ0v) is 19.2. The van der Waals surface area contributed by atoms with Crippen molar-refractivity contribution in [1.82, 2.24) is 0 Å². The number of nitrogens with zero attached hydrogens (tertiary/aromatic N) is 1. The van der Waals surface area contributed by atoms with E-state index in [2.05, 4.69) is 10.0 Å². The van der Waals surface area contributed by atoms with E-state index in [0.717, 1.165) is 11.6 Å². The second-order valence-corrected chi connectivity index (χ2v) is 8.80. The zero-order chi connectivity index (χ0) is 24.7. The largest absolute Gasteiger partial charge is 0.495 e. The molecule has 174 valence electrons. The van der Waals surface area contributed by atoms with E-state index in [1.165, 1.54) is 31.4 Å². The summed E-state index contributed by atoms with van der Waals surface area (Å²) in [6, 6.07) is 18.6. The van der Waals surface area contributed by atoms with Crippen molar-refractivity contribution in [1.29, 1.82) is 5.26 Å². The first-order chi connectivity index (χ1) is 16.2. The van der Waals surface area contributed by atoms with Gasteiger partial charge in [0.2, 0.25) is 0 Å². The Bertz CT molecular complexity index is 1340. The van der Waals surface area contributed by atoms with Gasteiger partial charge in [0.1, 0.15) is 10.6 Å². The first kappa shape index (κ1) is 24.3. The van der Waals surface area contributed by atoms with Crippen molar-refractivity contribution in [3.05, 3.63) is 83.4 Å². The van der Waals surface area contributed by atoms with Gasteiger partial charge in [-0.1, -0.05) is 17.7 Å². The van der Waals surface area contributed by atoms with Gasteiger partial charge < -0.3 is 14.8 Å². The number of rotatable bonds is 8. The number of aryl methyl sites for hydroxylation is 1. The fraction of sp³-hybridized carbons (Fsp3) is 0.125. The molecular formula is C24H21N3O6S. The maximum Gasteiger partial charge on any atom is 0.338 e. The smallest absolute Gasteiger partial charge is 0.338 e. The SMILES string of the molecule is COc1ccc(C(=O)OCC(=O)Nc2ccc(C#N)cc2)cc1S(=O)(=O)Nc1ccc(C)cc1. The average Bonchev–Trinajstić information content (AvgIpc) is 2.84. The van der Waals surface area contributed by atoms with Crippen LogP contribution in [-0.2, 0) is 19.6 Å². The van der Waals surface area contributed by atoms with Crippen molar-refractivity contribution >= 4 is 33.3 Å². The highest BCUT2D eigenvalue weighted by Gasteiger charge is 2.23. The Morgan fingerprint density at radius 3 is 2.24 bits per heavy atom. The molecule has 0 heterocycles. The predicted octanol–water partition coefficient (Wildman–Crippen LogP) is 3.47. The van der Waals surface area contributed by atoms with E-state index in [1.807, 2.05) is 13.0 Å². The summed E-state index contributed by atoms with van der Waals surface area (Å²) >= 11 is 0. The number of anilines is 2. The van der Waals surface area contributed by atoms with Gasteiger partial charge >= 0.3 is 5.97 Å². The van der Waals surface area contributed by atoms with Crippen molar-refractivity contribution in [2.45, 2.75) is 11.8 Å². The van der Waals surface area contributed by atoms with E-state index in [9.17, 15) is 18.0 Å². The second kappa shape index (κ2) is 10.5.